The van der Waals surface area contributed by atoms with Crippen molar-refractivity contribution < 1.29 is 35.9 Å². The number of carbonyl (C=O) groups excluding carboxylic acids is 1. The molecule has 0 N–H and O–H groups in total. The number of benzene rings is 2. The molecule has 0 fully saturated rings. The van der Waals surface area contributed by atoms with Gasteiger partial charge in [-0.25, -0.2) is 22.0 Å². The summed E-state index contributed by atoms with van der Waals surface area (Å²) in [5.41, 5.74) is -1.01. The molecule has 10 heteroatoms. The Bertz CT molecular complexity index is 976. The lowest BCUT2D eigenvalue weighted by molar-refractivity contribution is 0.0596. The van der Waals surface area contributed by atoms with Gasteiger partial charge in [0.1, 0.15) is 10.8 Å². The maximum atomic E-state index is 14.0. The van der Waals surface area contributed by atoms with E-state index < -0.39 is 55.2 Å². The van der Waals surface area contributed by atoms with Gasteiger partial charge in [-0.3, -0.25) is 0 Å². The van der Waals surface area contributed by atoms with Gasteiger partial charge in [0.2, 0.25) is 5.82 Å². The third-order valence-corrected chi connectivity index (χ3v) is 4.91. The highest BCUT2D eigenvalue weighted by Crippen LogP contribution is 2.38. The third kappa shape index (κ3) is 3.63. The number of carbonyl (C=O) groups is 1. The highest BCUT2D eigenvalue weighted by Gasteiger charge is 2.25. The zero-order valence-electron chi connectivity index (χ0n) is 13.7. The topological polar surface area (TPSA) is 69.7 Å². The number of halogens is 4. The molecule has 26 heavy (non-hydrogen) atoms. The van der Waals surface area contributed by atoms with Crippen molar-refractivity contribution in [3.05, 3.63) is 51.8 Å². The summed E-state index contributed by atoms with van der Waals surface area (Å²) in [4.78, 5) is 11.5. The SMILES string of the molecule is COC(=O)c1cc(Oc2c(F)c(F)c(C)c(F)c2Cl)ccc1S(C)(=O)=O. The molecule has 0 saturated heterocycles. The minimum atomic E-state index is -3.79. The average molecular weight is 409 g/mol. The van der Waals surface area contributed by atoms with Crippen LogP contribution < -0.4 is 4.74 Å². The van der Waals surface area contributed by atoms with E-state index in [0.717, 1.165) is 38.5 Å². The third-order valence-electron chi connectivity index (χ3n) is 3.42. The first-order chi connectivity index (χ1) is 12.0. The molecule has 5 nitrogen and oxygen atoms in total. The minimum Gasteiger partial charge on any atom is -0.465 e. The van der Waals surface area contributed by atoms with Crippen molar-refractivity contribution in [2.45, 2.75) is 11.8 Å². The van der Waals surface area contributed by atoms with E-state index in [4.69, 9.17) is 16.3 Å². The molecule has 2 aromatic carbocycles. The Kier molecular flexibility index (Phi) is 5.52. The Balaban J connectivity index is 2.61. The first kappa shape index (κ1) is 20.1. The molecular weight excluding hydrogens is 397 g/mol. The molecule has 0 bridgehead atoms. The summed E-state index contributed by atoms with van der Waals surface area (Å²) in [6, 6.07) is 3.03. The van der Waals surface area contributed by atoms with Crippen LogP contribution in [0.5, 0.6) is 11.5 Å². The van der Waals surface area contributed by atoms with Crippen LogP contribution >= 0.6 is 11.6 Å². The number of ether oxygens (including phenoxy) is 2. The van der Waals surface area contributed by atoms with Crippen molar-refractivity contribution >= 4 is 27.4 Å². The molecule has 0 aromatic heterocycles. The van der Waals surface area contributed by atoms with Gasteiger partial charge in [0.25, 0.3) is 0 Å². The summed E-state index contributed by atoms with van der Waals surface area (Å²) in [6.07, 6.45) is 0.872. The standard InChI is InChI=1S/C16H12ClF3O5S/c1-7-12(18)11(17)15(14(20)13(7)19)25-8-4-5-10(26(3,22)23)9(6-8)16(21)24-2/h4-6H,1-3H3. The molecule has 0 saturated carbocycles. The van der Waals surface area contributed by atoms with E-state index in [1.807, 2.05) is 0 Å². The monoisotopic (exact) mass is 408 g/mol. The summed E-state index contributed by atoms with van der Waals surface area (Å²) in [5, 5.41) is -0.798. The quantitative estimate of drug-likeness (QED) is 0.564. The number of hydrogen-bond acceptors (Lipinski definition) is 5. The molecular formula is C16H12ClF3O5S. The predicted octanol–water partition coefficient (Wildman–Crippen LogP) is 4.05. The molecule has 0 radical (unpaired) electrons. The molecule has 0 aliphatic heterocycles. The maximum Gasteiger partial charge on any atom is 0.339 e. The lowest BCUT2D eigenvalue weighted by Crippen LogP contribution is -2.10. The maximum absolute atomic E-state index is 14.0. The number of sulfone groups is 1. The number of rotatable bonds is 4. The molecule has 0 atom stereocenters. The second kappa shape index (κ2) is 7.16. The fraction of sp³-hybridized carbons (Fsp3) is 0.188. The van der Waals surface area contributed by atoms with Gasteiger partial charge < -0.3 is 9.47 Å². The summed E-state index contributed by atoms with van der Waals surface area (Å²) in [7, 11) is -2.76. The molecule has 0 heterocycles. The summed E-state index contributed by atoms with van der Waals surface area (Å²) in [6.45, 7) is 1.000. The molecule has 0 unspecified atom stereocenters. The Morgan fingerprint density at radius 2 is 1.73 bits per heavy atom. The molecule has 0 amide bonds. The summed E-state index contributed by atoms with van der Waals surface area (Å²) >= 11 is 5.66. The Labute approximate surface area is 152 Å². The molecule has 0 aliphatic rings. The lowest BCUT2D eigenvalue weighted by Gasteiger charge is -2.13. The molecule has 2 rings (SSSR count). The van der Waals surface area contributed by atoms with E-state index in [9.17, 15) is 26.4 Å². The van der Waals surface area contributed by atoms with Gasteiger partial charge in [-0.15, -0.1) is 0 Å². The fourth-order valence-electron chi connectivity index (χ4n) is 2.09. The van der Waals surface area contributed by atoms with Gasteiger partial charge in [0.15, 0.2) is 27.2 Å². The summed E-state index contributed by atoms with van der Waals surface area (Å²) < 4.78 is 74.7. The van der Waals surface area contributed by atoms with Crippen LogP contribution in [0.3, 0.4) is 0 Å². The van der Waals surface area contributed by atoms with Gasteiger partial charge in [-0.2, -0.15) is 4.39 Å². The number of hydrogen-bond donors (Lipinski definition) is 0. The van der Waals surface area contributed by atoms with Gasteiger partial charge in [0.05, 0.1) is 17.6 Å². The Morgan fingerprint density at radius 3 is 2.27 bits per heavy atom. The van der Waals surface area contributed by atoms with Crippen molar-refractivity contribution in [1.29, 1.82) is 0 Å². The molecule has 0 spiro atoms. The van der Waals surface area contributed by atoms with Crippen LogP contribution in [-0.2, 0) is 14.6 Å². The van der Waals surface area contributed by atoms with E-state index in [1.165, 1.54) is 0 Å². The van der Waals surface area contributed by atoms with Crippen molar-refractivity contribution in [1.82, 2.24) is 0 Å². The molecule has 2 aromatic rings. The van der Waals surface area contributed by atoms with Crippen molar-refractivity contribution in [3.63, 3.8) is 0 Å². The highest BCUT2D eigenvalue weighted by molar-refractivity contribution is 7.90. The van der Waals surface area contributed by atoms with E-state index in [-0.39, 0.29) is 10.6 Å². The highest BCUT2D eigenvalue weighted by atomic mass is 35.5. The van der Waals surface area contributed by atoms with Gasteiger partial charge in [0, 0.05) is 11.8 Å². The van der Waals surface area contributed by atoms with Crippen LogP contribution in [0.2, 0.25) is 5.02 Å². The molecule has 0 aliphatic carbocycles. The van der Waals surface area contributed by atoms with Crippen LogP contribution in [0, 0.1) is 24.4 Å². The fourth-order valence-corrected chi connectivity index (χ4v) is 3.21. The molecule has 140 valence electrons. The van der Waals surface area contributed by atoms with E-state index in [2.05, 4.69) is 4.74 Å². The number of methoxy groups -OCH3 is 1. The smallest absolute Gasteiger partial charge is 0.339 e. The van der Waals surface area contributed by atoms with Crippen LogP contribution in [0.15, 0.2) is 23.1 Å². The lowest BCUT2D eigenvalue weighted by atomic mass is 10.2. The van der Waals surface area contributed by atoms with Gasteiger partial charge in [-0.1, -0.05) is 11.6 Å². The van der Waals surface area contributed by atoms with Crippen molar-refractivity contribution in [2.24, 2.45) is 0 Å². The van der Waals surface area contributed by atoms with Gasteiger partial charge in [-0.05, 0) is 25.1 Å². The first-order valence-electron chi connectivity index (χ1n) is 6.91. The largest absolute Gasteiger partial charge is 0.465 e. The van der Waals surface area contributed by atoms with Crippen LogP contribution in [0.1, 0.15) is 15.9 Å². The van der Waals surface area contributed by atoms with E-state index in [1.54, 1.807) is 0 Å². The second-order valence-electron chi connectivity index (χ2n) is 5.23. The zero-order chi connectivity index (χ0) is 19.8. The van der Waals surface area contributed by atoms with E-state index in [0.29, 0.717) is 0 Å². The van der Waals surface area contributed by atoms with Crippen molar-refractivity contribution in [2.75, 3.05) is 13.4 Å². The van der Waals surface area contributed by atoms with E-state index >= 15 is 0 Å². The Hall–Kier alpha value is -2.26. The van der Waals surface area contributed by atoms with Crippen LogP contribution in [0.25, 0.3) is 0 Å². The second-order valence-corrected chi connectivity index (χ2v) is 7.60. The first-order valence-corrected chi connectivity index (χ1v) is 9.18. The van der Waals surface area contributed by atoms with Crippen LogP contribution in [0.4, 0.5) is 13.2 Å². The van der Waals surface area contributed by atoms with Crippen LogP contribution in [-0.4, -0.2) is 27.8 Å². The number of esters is 1. The zero-order valence-corrected chi connectivity index (χ0v) is 15.3. The average Bonchev–Trinajstić information content (AvgIpc) is 2.60. The van der Waals surface area contributed by atoms with Gasteiger partial charge >= 0.3 is 5.97 Å². The Morgan fingerprint density at radius 1 is 1.12 bits per heavy atom. The summed E-state index contributed by atoms with van der Waals surface area (Å²) in [5.74, 6) is -6.43. The normalized spacial score (nSPS) is 11.3. The minimum absolute atomic E-state index is 0.277. The van der Waals surface area contributed by atoms with Crippen molar-refractivity contribution in [3.8, 4) is 11.5 Å². The predicted molar refractivity (Wildman–Crippen MR) is 87.0 cm³/mol.